The Morgan fingerprint density at radius 2 is 1.75 bits per heavy atom. The Morgan fingerprint density at radius 1 is 1.00 bits per heavy atom. The third-order valence-corrected chi connectivity index (χ3v) is 4.85. The molecule has 0 aromatic heterocycles. The summed E-state index contributed by atoms with van der Waals surface area (Å²) in [4.78, 5) is 12.6. The van der Waals surface area contributed by atoms with E-state index in [4.69, 9.17) is 9.47 Å². The Labute approximate surface area is 163 Å². The minimum absolute atomic E-state index is 0.187. The highest BCUT2D eigenvalue weighted by Gasteiger charge is 2.30. The van der Waals surface area contributed by atoms with Crippen LogP contribution < -0.4 is 9.47 Å². The summed E-state index contributed by atoms with van der Waals surface area (Å²) in [5, 5.41) is 0. The van der Waals surface area contributed by atoms with Crippen molar-refractivity contribution >= 4 is 11.9 Å². The zero-order valence-electron chi connectivity index (χ0n) is 15.7. The minimum atomic E-state index is -0.324. The lowest BCUT2D eigenvalue weighted by Gasteiger charge is -2.12. The van der Waals surface area contributed by atoms with E-state index in [2.05, 4.69) is 0 Å². The van der Waals surface area contributed by atoms with Crippen molar-refractivity contribution in [3.8, 4) is 11.5 Å². The molecule has 1 aliphatic rings. The van der Waals surface area contributed by atoms with E-state index in [-0.39, 0.29) is 17.4 Å². The zero-order valence-corrected chi connectivity index (χ0v) is 15.7. The number of halogens is 1. The monoisotopic (exact) mass is 374 g/mol. The van der Waals surface area contributed by atoms with Crippen molar-refractivity contribution < 1.29 is 18.7 Å². The Balaban J connectivity index is 1.58. The first-order chi connectivity index (χ1) is 13.5. The number of aryl methyl sites for hydroxylation is 1. The van der Waals surface area contributed by atoms with Crippen molar-refractivity contribution in [2.24, 2.45) is 0 Å². The third kappa shape index (κ3) is 3.41. The average molecular weight is 374 g/mol. The molecule has 0 aliphatic carbocycles. The van der Waals surface area contributed by atoms with Crippen LogP contribution in [0.15, 0.2) is 66.4 Å². The topological polar surface area (TPSA) is 35.5 Å². The summed E-state index contributed by atoms with van der Waals surface area (Å²) < 4.78 is 24.9. The van der Waals surface area contributed by atoms with Gasteiger partial charge in [0.15, 0.2) is 5.76 Å². The van der Waals surface area contributed by atoms with Crippen LogP contribution in [0.4, 0.5) is 4.39 Å². The van der Waals surface area contributed by atoms with E-state index in [1.165, 1.54) is 12.1 Å². The molecule has 0 N–H and O–H groups in total. The second kappa shape index (κ2) is 7.31. The molecular formula is C24H19FO3. The molecule has 3 aromatic rings. The number of fused-ring (bicyclic) bond motifs is 1. The fraction of sp³-hybridized carbons (Fsp3) is 0.125. The van der Waals surface area contributed by atoms with E-state index in [1.807, 2.05) is 38.1 Å². The maximum absolute atomic E-state index is 13.1. The summed E-state index contributed by atoms with van der Waals surface area (Å²) in [6.07, 6.45) is 1.62. The van der Waals surface area contributed by atoms with Gasteiger partial charge in [0.25, 0.3) is 0 Å². The first-order valence-corrected chi connectivity index (χ1v) is 9.03. The van der Waals surface area contributed by atoms with Gasteiger partial charge in [-0.25, -0.2) is 4.39 Å². The van der Waals surface area contributed by atoms with Crippen molar-refractivity contribution in [3.05, 3.63) is 100 Å². The van der Waals surface area contributed by atoms with Gasteiger partial charge in [0, 0.05) is 5.56 Å². The first kappa shape index (κ1) is 18.0. The smallest absolute Gasteiger partial charge is 0.231 e. The van der Waals surface area contributed by atoms with Crippen molar-refractivity contribution in [3.63, 3.8) is 0 Å². The summed E-state index contributed by atoms with van der Waals surface area (Å²) in [5.74, 6) is 0.905. The van der Waals surface area contributed by atoms with Crippen LogP contribution in [0.2, 0.25) is 0 Å². The predicted molar refractivity (Wildman–Crippen MR) is 106 cm³/mol. The molecule has 140 valence electrons. The van der Waals surface area contributed by atoms with Crippen LogP contribution in [-0.4, -0.2) is 5.78 Å². The minimum Gasteiger partial charge on any atom is -0.488 e. The summed E-state index contributed by atoms with van der Waals surface area (Å²) in [5.41, 5.74) is 4.26. The molecule has 0 unspecified atom stereocenters. The normalized spacial score (nSPS) is 14.1. The summed E-state index contributed by atoms with van der Waals surface area (Å²) >= 11 is 0. The molecule has 0 atom stereocenters. The lowest BCUT2D eigenvalue weighted by atomic mass is 10.1. The molecular weight excluding hydrogens is 355 g/mol. The number of hydrogen-bond acceptors (Lipinski definition) is 3. The molecule has 4 heteroatoms. The van der Waals surface area contributed by atoms with E-state index in [1.54, 1.807) is 30.3 Å². The van der Waals surface area contributed by atoms with Crippen LogP contribution in [0.25, 0.3) is 6.08 Å². The SMILES string of the molecule is Cc1ccccc1COc1ccc2c(c1C)O/C(=C\c1ccc(F)cc1)C2=O. The molecule has 0 fully saturated rings. The number of rotatable bonds is 4. The summed E-state index contributed by atoms with van der Waals surface area (Å²) in [6, 6.07) is 17.5. The number of ketones is 1. The van der Waals surface area contributed by atoms with Crippen LogP contribution in [0.1, 0.15) is 32.6 Å². The van der Waals surface area contributed by atoms with Gasteiger partial charge >= 0.3 is 0 Å². The molecule has 0 radical (unpaired) electrons. The molecule has 3 aromatic carbocycles. The van der Waals surface area contributed by atoms with Gasteiger partial charge in [0.1, 0.15) is 23.9 Å². The van der Waals surface area contributed by atoms with Crippen molar-refractivity contribution in [1.82, 2.24) is 0 Å². The van der Waals surface area contributed by atoms with Crippen LogP contribution in [-0.2, 0) is 6.61 Å². The van der Waals surface area contributed by atoms with Gasteiger partial charge in [-0.05, 0) is 60.9 Å². The Bertz CT molecular complexity index is 1080. The zero-order chi connectivity index (χ0) is 19.7. The standard InChI is InChI=1S/C24H19FO3/c1-15-5-3-4-6-18(15)14-27-21-12-11-20-23(26)22(28-24(20)16(21)2)13-17-7-9-19(25)10-8-17/h3-13H,14H2,1-2H3/b22-13-. The molecule has 1 aliphatic heterocycles. The quantitative estimate of drug-likeness (QED) is 0.555. The van der Waals surface area contributed by atoms with E-state index < -0.39 is 0 Å². The summed E-state index contributed by atoms with van der Waals surface area (Å²) in [7, 11) is 0. The number of carbonyl (C=O) groups excluding carboxylic acids is 1. The number of hydrogen-bond donors (Lipinski definition) is 0. The highest BCUT2D eigenvalue weighted by atomic mass is 19.1. The maximum Gasteiger partial charge on any atom is 0.231 e. The van der Waals surface area contributed by atoms with E-state index in [0.717, 1.165) is 16.7 Å². The molecule has 4 rings (SSSR count). The number of allylic oxidation sites excluding steroid dienone is 1. The average Bonchev–Trinajstić information content (AvgIpc) is 3.01. The van der Waals surface area contributed by atoms with E-state index >= 15 is 0 Å². The fourth-order valence-corrected chi connectivity index (χ4v) is 3.16. The fourth-order valence-electron chi connectivity index (χ4n) is 3.16. The molecule has 0 spiro atoms. The van der Waals surface area contributed by atoms with Gasteiger partial charge in [-0.15, -0.1) is 0 Å². The number of ether oxygens (including phenoxy) is 2. The molecule has 0 amide bonds. The lowest BCUT2D eigenvalue weighted by Crippen LogP contribution is -2.00. The van der Waals surface area contributed by atoms with Crippen LogP contribution in [0.3, 0.4) is 0 Å². The Morgan fingerprint density at radius 3 is 2.50 bits per heavy atom. The van der Waals surface area contributed by atoms with Crippen molar-refractivity contribution in [2.45, 2.75) is 20.5 Å². The van der Waals surface area contributed by atoms with Gasteiger partial charge in [0.05, 0.1) is 5.56 Å². The predicted octanol–water partition coefficient (Wildman–Crippen LogP) is 5.64. The molecule has 0 saturated carbocycles. The molecule has 0 saturated heterocycles. The number of benzene rings is 3. The molecule has 3 nitrogen and oxygen atoms in total. The lowest BCUT2D eigenvalue weighted by molar-refractivity contribution is 0.101. The second-order valence-corrected chi connectivity index (χ2v) is 6.77. The van der Waals surface area contributed by atoms with Gasteiger partial charge in [-0.3, -0.25) is 4.79 Å². The molecule has 1 heterocycles. The third-order valence-electron chi connectivity index (χ3n) is 4.85. The van der Waals surface area contributed by atoms with Crippen molar-refractivity contribution in [2.75, 3.05) is 0 Å². The van der Waals surface area contributed by atoms with Crippen molar-refractivity contribution in [1.29, 1.82) is 0 Å². The highest BCUT2D eigenvalue weighted by Crippen LogP contribution is 2.39. The molecule has 0 bridgehead atoms. The second-order valence-electron chi connectivity index (χ2n) is 6.77. The number of Topliss-reactive ketones (excluding diaryl/α,β-unsaturated/α-hetero) is 1. The van der Waals surface area contributed by atoms with Gasteiger partial charge in [-0.2, -0.15) is 0 Å². The summed E-state index contributed by atoms with van der Waals surface area (Å²) in [6.45, 7) is 4.36. The van der Waals surface area contributed by atoms with Gasteiger partial charge < -0.3 is 9.47 Å². The largest absolute Gasteiger partial charge is 0.488 e. The first-order valence-electron chi connectivity index (χ1n) is 9.03. The van der Waals surface area contributed by atoms with E-state index in [0.29, 0.717) is 29.2 Å². The highest BCUT2D eigenvalue weighted by molar-refractivity contribution is 6.14. The van der Waals surface area contributed by atoms with Gasteiger partial charge in [-0.1, -0.05) is 36.4 Å². The number of carbonyl (C=O) groups is 1. The van der Waals surface area contributed by atoms with Crippen LogP contribution >= 0.6 is 0 Å². The Kier molecular flexibility index (Phi) is 4.70. The van der Waals surface area contributed by atoms with Gasteiger partial charge in [0.2, 0.25) is 5.78 Å². The van der Waals surface area contributed by atoms with E-state index in [9.17, 15) is 9.18 Å². The Hall–Kier alpha value is -3.40. The maximum atomic E-state index is 13.1. The molecule has 28 heavy (non-hydrogen) atoms. The van der Waals surface area contributed by atoms with Crippen LogP contribution in [0.5, 0.6) is 11.5 Å². The van der Waals surface area contributed by atoms with Crippen LogP contribution in [0, 0.1) is 19.7 Å².